The number of thioether (sulfide) groups is 1. The van der Waals surface area contributed by atoms with E-state index in [9.17, 15) is 9.18 Å². The lowest BCUT2D eigenvalue weighted by molar-refractivity contribution is -0.116. The number of aromatic nitrogens is 2. The van der Waals surface area contributed by atoms with E-state index in [2.05, 4.69) is 41.5 Å². The van der Waals surface area contributed by atoms with E-state index >= 15 is 0 Å². The molecule has 1 amide bonds. The summed E-state index contributed by atoms with van der Waals surface area (Å²) in [6.45, 7) is 6.54. The molecule has 146 valence electrons. The number of amides is 1. The van der Waals surface area contributed by atoms with Crippen LogP contribution in [-0.2, 0) is 4.79 Å². The lowest BCUT2D eigenvalue weighted by Crippen LogP contribution is -2.32. The lowest BCUT2D eigenvalue weighted by Gasteiger charge is -2.20. The standard InChI is InChI=1S/C20H21FN4OS2/c1-4-25(17-9-6-15(21)7-10-17)18(26)12-27-20-24-23-19(28-20)22-16-8-5-13(2)14(3)11-16/h5-11H,4,12H2,1-3H3,(H,22,23). The highest BCUT2D eigenvalue weighted by Gasteiger charge is 2.16. The van der Waals surface area contributed by atoms with E-state index in [-0.39, 0.29) is 17.5 Å². The van der Waals surface area contributed by atoms with Gasteiger partial charge in [-0.25, -0.2) is 4.39 Å². The normalized spacial score (nSPS) is 10.7. The Kier molecular flexibility index (Phi) is 6.64. The number of hydrogen-bond acceptors (Lipinski definition) is 6. The zero-order valence-electron chi connectivity index (χ0n) is 15.9. The minimum Gasteiger partial charge on any atom is -0.330 e. The van der Waals surface area contributed by atoms with E-state index in [1.165, 1.54) is 46.4 Å². The van der Waals surface area contributed by atoms with Gasteiger partial charge in [0.1, 0.15) is 5.82 Å². The third-order valence-electron chi connectivity index (χ3n) is 4.24. The van der Waals surface area contributed by atoms with E-state index in [0.29, 0.717) is 17.4 Å². The third-order valence-corrected chi connectivity index (χ3v) is 6.20. The molecule has 0 saturated heterocycles. The number of hydrogen-bond donors (Lipinski definition) is 1. The molecule has 0 unspecified atom stereocenters. The van der Waals surface area contributed by atoms with Gasteiger partial charge in [-0.05, 0) is 68.3 Å². The molecule has 1 aromatic heterocycles. The molecule has 0 atom stereocenters. The first-order chi connectivity index (χ1) is 13.5. The highest BCUT2D eigenvalue weighted by atomic mass is 32.2. The molecule has 2 aromatic carbocycles. The first-order valence-electron chi connectivity index (χ1n) is 8.82. The van der Waals surface area contributed by atoms with Crippen molar-refractivity contribution in [2.24, 2.45) is 0 Å². The van der Waals surface area contributed by atoms with E-state index in [1.54, 1.807) is 17.0 Å². The molecule has 0 aliphatic heterocycles. The van der Waals surface area contributed by atoms with Crippen LogP contribution in [0.5, 0.6) is 0 Å². The Balaban J connectivity index is 1.59. The highest BCUT2D eigenvalue weighted by Crippen LogP contribution is 2.29. The quantitative estimate of drug-likeness (QED) is 0.538. The van der Waals surface area contributed by atoms with Crippen LogP contribution in [0.1, 0.15) is 18.1 Å². The summed E-state index contributed by atoms with van der Waals surface area (Å²) in [5, 5.41) is 12.2. The van der Waals surface area contributed by atoms with Gasteiger partial charge in [0.15, 0.2) is 4.34 Å². The second kappa shape index (κ2) is 9.16. The lowest BCUT2D eigenvalue weighted by atomic mass is 10.1. The van der Waals surface area contributed by atoms with Crippen molar-refractivity contribution in [1.82, 2.24) is 10.2 Å². The Morgan fingerprint density at radius 3 is 2.57 bits per heavy atom. The van der Waals surface area contributed by atoms with Gasteiger partial charge >= 0.3 is 0 Å². The Labute approximate surface area is 172 Å². The monoisotopic (exact) mass is 416 g/mol. The van der Waals surface area contributed by atoms with Crippen LogP contribution in [0, 0.1) is 19.7 Å². The summed E-state index contributed by atoms with van der Waals surface area (Å²) in [5.74, 6) is -0.138. The molecule has 0 saturated carbocycles. The van der Waals surface area contributed by atoms with Gasteiger partial charge in [-0.15, -0.1) is 10.2 Å². The molecule has 5 nitrogen and oxygen atoms in total. The number of carbonyl (C=O) groups excluding carboxylic acids is 1. The largest absolute Gasteiger partial charge is 0.330 e. The van der Waals surface area contributed by atoms with Crippen molar-refractivity contribution in [3.63, 3.8) is 0 Å². The first-order valence-corrected chi connectivity index (χ1v) is 10.6. The second-order valence-electron chi connectivity index (χ2n) is 6.20. The van der Waals surface area contributed by atoms with Crippen LogP contribution in [-0.4, -0.2) is 28.4 Å². The minimum absolute atomic E-state index is 0.0574. The van der Waals surface area contributed by atoms with Gasteiger partial charge in [0, 0.05) is 17.9 Å². The number of benzene rings is 2. The maximum absolute atomic E-state index is 13.1. The number of carbonyl (C=O) groups is 1. The van der Waals surface area contributed by atoms with Crippen LogP contribution >= 0.6 is 23.1 Å². The van der Waals surface area contributed by atoms with Crippen molar-refractivity contribution in [3.05, 3.63) is 59.4 Å². The van der Waals surface area contributed by atoms with Crippen molar-refractivity contribution in [2.45, 2.75) is 25.1 Å². The van der Waals surface area contributed by atoms with Crippen LogP contribution in [0.2, 0.25) is 0 Å². The smallest absolute Gasteiger partial charge is 0.237 e. The van der Waals surface area contributed by atoms with E-state index in [1.807, 2.05) is 13.0 Å². The Bertz CT molecular complexity index is 959. The highest BCUT2D eigenvalue weighted by molar-refractivity contribution is 8.01. The number of anilines is 3. The SMILES string of the molecule is CCN(C(=O)CSc1nnc(Nc2ccc(C)c(C)c2)s1)c1ccc(F)cc1. The number of halogens is 1. The third kappa shape index (κ3) is 5.08. The minimum atomic E-state index is -0.320. The average Bonchev–Trinajstić information content (AvgIpc) is 3.12. The van der Waals surface area contributed by atoms with Crippen LogP contribution in [0.3, 0.4) is 0 Å². The number of nitrogens with zero attached hydrogens (tertiary/aromatic N) is 3. The van der Waals surface area contributed by atoms with Gasteiger partial charge in [0.25, 0.3) is 0 Å². The van der Waals surface area contributed by atoms with Gasteiger partial charge in [0.2, 0.25) is 11.0 Å². The fraction of sp³-hybridized carbons (Fsp3) is 0.250. The van der Waals surface area contributed by atoms with E-state index in [0.717, 1.165) is 10.0 Å². The summed E-state index contributed by atoms with van der Waals surface area (Å²) in [4.78, 5) is 14.2. The second-order valence-corrected chi connectivity index (χ2v) is 8.40. The van der Waals surface area contributed by atoms with Crippen LogP contribution in [0.4, 0.5) is 20.9 Å². The first kappa shape index (κ1) is 20.3. The number of nitrogens with one attached hydrogen (secondary N) is 1. The molecule has 8 heteroatoms. The van der Waals surface area contributed by atoms with Crippen molar-refractivity contribution in [3.8, 4) is 0 Å². The molecule has 1 N–H and O–H groups in total. The van der Waals surface area contributed by atoms with Gasteiger partial charge in [0.05, 0.1) is 5.75 Å². The van der Waals surface area contributed by atoms with Gasteiger partial charge in [-0.2, -0.15) is 0 Å². The molecule has 0 spiro atoms. The van der Waals surface area contributed by atoms with E-state index < -0.39 is 0 Å². The molecular weight excluding hydrogens is 395 g/mol. The van der Waals surface area contributed by atoms with Crippen LogP contribution in [0.15, 0.2) is 46.8 Å². The fourth-order valence-electron chi connectivity index (χ4n) is 2.59. The number of rotatable bonds is 7. The van der Waals surface area contributed by atoms with Gasteiger partial charge < -0.3 is 10.2 Å². The van der Waals surface area contributed by atoms with E-state index in [4.69, 9.17) is 0 Å². The Morgan fingerprint density at radius 1 is 1.14 bits per heavy atom. The molecule has 3 rings (SSSR count). The van der Waals surface area contributed by atoms with Crippen molar-refractivity contribution >= 4 is 45.5 Å². The van der Waals surface area contributed by atoms with Crippen LogP contribution in [0.25, 0.3) is 0 Å². The summed E-state index contributed by atoms with van der Waals surface area (Å²) in [6, 6.07) is 12.1. The topological polar surface area (TPSA) is 58.1 Å². The zero-order chi connectivity index (χ0) is 20.1. The molecule has 0 radical (unpaired) electrons. The molecule has 1 heterocycles. The molecular formula is C20H21FN4OS2. The predicted molar refractivity (Wildman–Crippen MR) is 114 cm³/mol. The molecule has 0 aliphatic carbocycles. The average molecular weight is 417 g/mol. The summed E-state index contributed by atoms with van der Waals surface area (Å²) in [7, 11) is 0. The fourth-order valence-corrected chi connectivity index (χ4v) is 4.23. The molecule has 0 bridgehead atoms. The zero-order valence-corrected chi connectivity index (χ0v) is 17.5. The summed E-state index contributed by atoms with van der Waals surface area (Å²) in [6.07, 6.45) is 0. The Hall–Kier alpha value is -2.45. The van der Waals surface area contributed by atoms with Crippen LogP contribution < -0.4 is 10.2 Å². The molecule has 0 fully saturated rings. The number of aryl methyl sites for hydroxylation is 2. The molecule has 28 heavy (non-hydrogen) atoms. The predicted octanol–water partition coefficient (Wildman–Crippen LogP) is 5.18. The summed E-state index contributed by atoms with van der Waals surface area (Å²) < 4.78 is 13.8. The molecule has 0 aliphatic rings. The van der Waals surface area contributed by atoms with Crippen molar-refractivity contribution in [1.29, 1.82) is 0 Å². The Morgan fingerprint density at radius 2 is 1.89 bits per heavy atom. The van der Waals surface area contributed by atoms with Crippen molar-refractivity contribution in [2.75, 3.05) is 22.5 Å². The maximum Gasteiger partial charge on any atom is 0.237 e. The molecule has 3 aromatic rings. The van der Waals surface area contributed by atoms with Gasteiger partial charge in [-0.3, -0.25) is 4.79 Å². The van der Waals surface area contributed by atoms with Crippen molar-refractivity contribution < 1.29 is 9.18 Å². The maximum atomic E-state index is 13.1. The summed E-state index contributed by atoms with van der Waals surface area (Å²) in [5.41, 5.74) is 4.08. The van der Waals surface area contributed by atoms with Gasteiger partial charge in [-0.1, -0.05) is 29.2 Å². The summed E-state index contributed by atoms with van der Waals surface area (Å²) >= 11 is 2.75.